The van der Waals surface area contributed by atoms with Crippen molar-refractivity contribution in [1.29, 1.82) is 0 Å². The van der Waals surface area contributed by atoms with Gasteiger partial charge in [0.15, 0.2) is 17.1 Å². The number of fused-ring (bicyclic) bond motifs is 2. The predicted molar refractivity (Wildman–Crippen MR) is 102 cm³/mol. The highest BCUT2D eigenvalue weighted by Crippen LogP contribution is 2.23. The lowest BCUT2D eigenvalue weighted by Gasteiger charge is -2.09. The lowest BCUT2D eigenvalue weighted by Crippen LogP contribution is -2.08. The van der Waals surface area contributed by atoms with Gasteiger partial charge in [-0.2, -0.15) is 0 Å². The zero-order valence-electron chi connectivity index (χ0n) is 14.2. The summed E-state index contributed by atoms with van der Waals surface area (Å²) >= 11 is 0. The van der Waals surface area contributed by atoms with Crippen molar-refractivity contribution in [2.24, 2.45) is 0 Å². The topological polar surface area (TPSA) is 126 Å². The maximum Gasteiger partial charge on any atom is 0.165 e. The maximum atomic E-state index is 5.89. The van der Waals surface area contributed by atoms with Gasteiger partial charge in [0.25, 0.3) is 0 Å². The number of nitrogens with two attached hydrogens (primary N) is 2. The molecule has 0 fully saturated rings. The molecule has 0 spiro atoms. The molecule has 0 bridgehead atoms. The maximum absolute atomic E-state index is 5.89. The molecule has 4 N–H and O–H groups in total. The van der Waals surface area contributed by atoms with Crippen molar-refractivity contribution >= 4 is 33.8 Å². The Kier molecular flexibility index (Phi) is 3.26. The van der Waals surface area contributed by atoms with Crippen molar-refractivity contribution in [2.45, 2.75) is 6.54 Å². The van der Waals surface area contributed by atoms with Gasteiger partial charge in [0, 0.05) is 5.69 Å². The molecule has 27 heavy (non-hydrogen) atoms. The van der Waals surface area contributed by atoms with Gasteiger partial charge in [-0.25, -0.2) is 24.9 Å². The summed E-state index contributed by atoms with van der Waals surface area (Å²) in [5.41, 5.74) is 16.0. The Hall–Kier alpha value is -4.01. The molecular weight excluding hydrogens is 342 g/mol. The van der Waals surface area contributed by atoms with Crippen LogP contribution in [0.15, 0.2) is 55.2 Å². The quantitative estimate of drug-likeness (QED) is 0.504. The second-order valence-corrected chi connectivity index (χ2v) is 6.11. The first-order valence-electron chi connectivity index (χ1n) is 8.30. The Bertz CT molecular complexity index is 1270. The largest absolute Gasteiger partial charge is 0.397 e. The third-order valence-corrected chi connectivity index (χ3v) is 4.34. The fourth-order valence-electron chi connectivity index (χ4n) is 3.15. The summed E-state index contributed by atoms with van der Waals surface area (Å²) < 4.78 is 3.89. The number of aromatic nitrogens is 7. The van der Waals surface area contributed by atoms with E-state index in [-0.39, 0.29) is 0 Å². The Morgan fingerprint density at radius 3 is 2.63 bits per heavy atom. The summed E-state index contributed by atoms with van der Waals surface area (Å²) in [6, 6.07) is 11.8. The first-order chi connectivity index (χ1) is 13.2. The van der Waals surface area contributed by atoms with Crippen LogP contribution >= 0.6 is 0 Å². The molecule has 0 unspecified atom stereocenters. The number of hydrogen-bond acceptors (Lipinski definition) is 7. The normalized spacial score (nSPS) is 11.4. The van der Waals surface area contributed by atoms with Gasteiger partial charge in [-0.1, -0.05) is 18.2 Å². The van der Waals surface area contributed by atoms with Crippen LogP contribution in [0.2, 0.25) is 0 Å². The second-order valence-electron chi connectivity index (χ2n) is 6.11. The van der Waals surface area contributed by atoms with E-state index in [0.717, 1.165) is 22.7 Å². The Morgan fingerprint density at radius 1 is 0.926 bits per heavy atom. The van der Waals surface area contributed by atoms with Crippen molar-refractivity contribution < 1.29 is 0 Å². The fourth-order valence-corrected chi connectivity index (χ4v) is 3.15. The molecule has 0 saturated heterocycles. The summed E-state index contributed by atoms with van der Waals surface area (Å²) in [6.07, 6.45) is 4.75. The van der Waals surface area contributed by atoms with E-state index in [1.165, 1.54) is 6.33 Å². The van der Waals surface area contributed by atoms with Crippen molar-refractivity contribution in [2.75, 3.05) is 11.5 Å². The van der Waals surface area contributed by atoms with Crippen LogP contribution in [0.5, 0.6) is 0 Å². The SMILES string of the molecule is Nc1cnc2c(c1)nc(Cn1cnc3c(N)ncnc31)n2-c1ccccc1. The molecule has 4 heterocycles. The summed E-state index contributed by atoms with van der Waals surface area (Å²) in [5.74, 6) is 1.13. The van der Waals surface area contributed by atoms with Gasteiger partial charge < -0.3 is 16.0 Å². The summed E-state index contributed by atoms with van der Waals surface area (Å²) in [6.45, 7) is 0.443. The van der Waals surface area contributed by atoms with Crippen LogP contribution in [0.1, 0.15) is 5.82 Å². The van der Waals surface area contributed by atoms with Crippen molar-refractivity contribution in [1.82, 2.24) is 34.1 Å². The minimum Gasteiger partial charge on any atom is -0.397 e. The van der Waals surface area contributed by atoms with Crippen LogP contribution in [0, 0.1) is 0 Å². The zero-order chi connectivity index (χ0) is 18.4. The molecule has 1 aromatic carbocycles. The molecule has 0 saturated carbocycles. The predicted octanol–water partition coefficient (Wildman–Crippen LogP) is 1.77. The molecule has 0 aliphatic heterocycles. The molecule has 0 atom stereocenters. The van der Waals surface area contributed by atoms with Gasteiger partial charge in [-0.05, 0) is 18.2 Å². The van der Waals surface area contributed by atoms with E-state index in [4.69, 9.17) is 16.5 Å². The summed E-state index contributed by atoms with van der Waals surface area (Å²) in [5, 5.41) is 0. The highest BCUT2D eigenvalue weighted by atomic mass is 15.2. The molecule has 4 aromatic heterocycles. The van der Waals surface area contributed by atoms with Crippen LogP contribution in [0.25, 0.3) is 28.0 Å². The lowest BCUT2D eigenvalue weighted by atomic mass is 10.3. The van der Waals surface area contributed by atoms with Gasteiger partial charge in [0.2, 0.25) is 0 Å². The van der Waals surface area contributed by atoms with E-state index in [9.17, 15) is 0 Å². The molecular formula is C18H15N9. The molecule has 0 aliphatic rings. The number of anilines is 2. The standard InChI is InChI=1S/C18H15N9/c19-11-6-13-17(21-7-11)27(12-4-2-1-3-5-12)14(25-13)8-26-10-24-15-16(20)22-9-23-18(15)26/h1-7,9-10H,8,19H2,(H2,20,22,23). The molecule has 0 radical (unpaired) electrons. The smallest absolute Gasteiger partial charge is 0.165 e. The highest BCUT2D eigenvalue weighted by Gasteiger charge is 2.16. The van der Waals surface area contributed by atoms with Crippen LogP contribution in [0.3, 0.4) is 0 Å². The highest BCUT2D eigenvalue weighted by molar-refractivity contribution is 5.81. The Balaban J connectivity index is 1.71. The van der Waals surface area contributed by atoms with E-state index in [2.05, 4.69) is 19.9 Å². The number of para-hydroxylation sites is 1. The average Bonchev–Trinajstić information content (AvgIpc) is 3.24. The molecule has 0 amide bonds. The van der Waals surface area contributed by atoms with Crippen LogP contribution in [-0.4, -0.2) is 34.1 Å². The minimum absolute atomic E-state index is 0.352. The average molecular weight is 357 g/mol. The molecule has 5 aromatic rings. The lowest BCUT2D eigenvalue weighted by molar-refractivity contribution is 0.744. The Morgan fingerprint density at radius 2 is 1.78 bits per heavy atom. The van der Waals surface area contributed by atoms with Gasteiger partial charge in [-0.15, -0.1) is 0 Å². The van der Waals surface area contributed by atoms with Crippen molar-refractivity contribution in [3.8, 4) is 5.69 Å². The second kappa shape index (κ2) is 5.77. The fraction of sp³-hybridized carbons (Fsp3) is 0.0556. The molecule has 9 heteroatoms. The molecule has 132 valence electrons. The van der Waals surface area contributed by atoms with Gasteiger partial charge in [0.1, 0.15) is 23.2 Å². The van der Waals surface area contributed by atoms with E-state index < -0.39 is 0 Å². The summed E-state index contributed by atoms with van der Waals surface area (Å²) in [7, 11) is 0. The van der Waals surface area contributed by atoms with Crippen LogP contribution < -0.4 is 11.5 Å². The number of pyridine rings is 1. The first-order valence-corrected chi connectivity index (χ1v) is 8.30. The molecule has 5 rings (SSSR count). The van der Waals surface area contributed by atoms with Crippen LogP contribution in [0.4, 0.5) is 11.5 Å². The van der Waals surface area contributed by atoms with Gasteiger partial charge in [0.05, 0.1) is 24.8 Å². The number of benzene rings is 1. The van der Waals surface area contributed by atoms with Crippen molar-refractivity contribution in [3.05, 3.63) is 61.1 Å². The Labute approximate surface area is 153 Å². The summed E-state index contributed by atoms with van der Waals surface area (Å²) in [4.78, 5) is 21.9. The number of imidazole rings is 2. The zero-order valence-corrected chi connectivity index (χ0v) is 14.2. The van der Waals surface area contributed by atoms with E-state index in [0.29, 0.717) is 29.2 Å². The van der Waals surface area contributed by atoms with Crippen LogP contribution in [-0.2, 0) is 6.54 Å². The van der Waals surface area contributed by atoms with E-state index in [1.807, 2.05) is 45.5 Å². The third kappa shape index (κ3) is 2.44. The van der Waals surface area contributed by atoms with Crippen molar-refractivity contribution in [3.63, 3.8) is 0 Å². The van der Waals surface area contributed by atoms with E-state index in [1.54, 1.807) is 12.5 Å². The number of hydrogen-bond donors (Lipinski definition) is 2. The number of rotatable bonds is 3. The van der Waals surface area contributed by atoms with Gasteiger partial charge in [-0.3, -0.25) is 4.57 Å². The van der Waals surface area contributed by atoms with E-state index >= 15 is 0 Å². The first kappa shape index (κ1) is 15.3. The van der Waals surface area contributed by atoms with Gasteiger partial charge >= 0.3 is 0 Å². The number of nitrogens with zero attached hydrogens (tertiary/aromatic N) is 7. The minimum atomic E-state index is 0.352. The number of nitrogen functional groups attached to an aromatic ring is 2. The molecule has 9 nitrogen and oxygen atoms in total. The molecule has 0 aliphatic carbocycles. The monoisotopic (exact) mass is 357 g/mol. The third-order valence-electron chi connectivity index (χ3n) is 4.34.